The molecule has 25 heavy (non-hydrogen) atoms. The van der Waals surface area contributed by atoms with E-state index in [1.807, 2.05) is 0 Å². The van der Waals surface area contributed by atoms with Gasteiger partial charge in [0.05, 0.1) is 17.4 Å². The Hall–Kier alpha value is -2.46. The molecule has 130 valence electrons. The SMILES string of the molecule is Cc1nnc(NC(=O)c2cnn(-c3cccc(Cl)c3)c2C(F)(F)F)s1. The van der Waals surface area contributed by atoms with E-state index in [1.54, 1.807) is 6.92 Å². The summed E-state index contributed by atoms with van der Waals surface area (Å²) in [6, 6.07) is 5.74. The molecule has 0 saturated heterocycles. The number of nitrogens with zero attached hydrogens (tertiary/aromatic N) is 4. The average Bonchev–Trinajstić information content (AvgIpc) is 3.13. The van der Waals surface area contributed by atoms with Crippen molar-refractivity contribution in [3.8, 4) is 5.69 Å². The van der Waals surface area contributed by atoms with Gasteiger partial charge in [0, 0.05) is 5.02 Å². The third-order valence-electron chi connectivity index (χ3n) is 3.08. The van der Waals surface area contributed by atoms with Crippen LogP contribution in [0.2, 0.25) is 5.02 Å². The lowest BCUT2D eigenvalue weighted by Gasteiger charge is -2.12. The smallest absolute Gasteiger partial charge is 0.296 e. The molecule has 0 fully saturated rings. The number of hydrogen-bond acceptors (Lipinski definition) is 5. The molecule has 0 aliphatic heterocycles. The van der Waals surface area contributed by atoms with E-state index in [1.165, 1.54) is 24.3 Å². The van der Waals surface area contributed by atoms with Gasteiger partial charge < -0.3 is 0 Å². The molecule has 0 radical (unpaired) electrons. The van der Waals surface area contributed by atoms with E-state index in [9.17, 15) is 18.0 Å². The van der Waals surface area contributed by atoms with Crippen molar-refractivity contribution in [2.75, 3.05) is 5.32 Å². The zero-order valence-electron chi connectivity index (χ0n) is 12.5. The summed E-state index contributed by atoms with van der Waals surface area (Å²) < 4.78 is 41.2. The van der Waals surface area contributed by atoms with E-state index in [-0.39, 0.29) is 15.8 Å². The first-order valence-electron chi connectivity index (χ1n) is 6.78. The Balaban J connectivity index is 2.04. The molecule has 11 heteroatoms. The van der Waals surface area contributed by atoms with E-state index >= 15 is 0 Å². The van der Waals surface area contributed by atoms with E-state index in [2.05, 4.69) is 20.6 Å². The molecule has 0 atom stereocenters. The Morgan fingerprint density at radius 2 is 2.08 bits per heavy atom. The number of amides is 1. The molecule has 2 aromatic heterocycles. The Morgan fingerprint density at radius 3 is 2.68 bits per heavy atom. The quantitative estimate of drug-likeness (QED) is 0.738. The normalized spacial score (nSPS) is 11.6. The van der Waals surface area contributed by atoms with Crippen LogP contribution in [0, 0.1) is 6.92 Å². The van der Waals surface area contributed by atoms with Crippen LogP contribution in [-0.2, 0) is 6.18 Å². The third kappa shape index (κ3) is 3.64. The van der Waals surface area contributed by atoms with Gasteiger partial charge >= 0.3 is 6.18 Å². The van der Waals surface area contributed by atoms with E-state index < -0.39 is 23.3 Å². The molecular weight excluding hydrogens is 379 g/mol. The van der Waals surface area contributed by atoms with E-state index in [4.69, 9.17) is 11.6 Å². The number of benzene rings is 1. The Bertz CT molecular complexity index is 937. The predicted molar refractivity (Wildman–Crippen MR) is 86.2 cm³/mol. The second-order valence-electron chi connectivity index (χ2n) is 4.88. The highest BCUT2D eigenvalue weighted by Crippen LogP contribution is 2.34. The molecule has 0 aliphatic rings. The van der Waals surface area contributed by atoms with Crippen LogP contribution in [0.5, 0.6) is 0 Å². The minimum Gasteiger partial charge on any atom is -0.296 e. The number of alkyl halides is 3. The standard InChI is InChI=1S/C14H9ClF3N5OS/c1-7-21-22-13(25-7)20-12(24)10-6-19-23(11(10)14(16,17)18)9-4-2-3-8(15)5-9/h2-6H,1H3,(H,20,22,24). The van der Waals surface area contributed by atoms with Crippen molar-refractivity contribution in [3.05, 3.63) is 51.7 Å². The van der Waals surface area contributed by atoms with Crippen LogP contribution in [0.15, 0.2) is 30.5 Å². The van der Waals surface area contributed by atoms with Crippen molar-refractivity contribution in [2.45, 2.75) is 13.1 Å². The molecule has 6 nitrogen and oxygen atoms in total. The van der Waals surface area contributed by atoms with Crippen LogP contribution in [0.25, 0.3) is 5.69 Å². The summed E-state index contributed by atoms with van der Waals surface area (Å²) in [5.41, 5.74) is -1.74. The van der Waals surface area contributed by atoms with Gasteiger partial charge in [-0.25, -0.2) is 4.68 Å². The maximum atomic E-state index is 13.5. The minimum atomic E-state index is -4.80. The first-order valence-corrected chi connectivity index (χ1v) is 7.98. The van der Waals surface area contributed by atoms with Gasteiger partial charge in [-0.1, -0.05) is 29.0 Å². The Labute approximate surface area is 148 Å². The number of anilines is 1. The van der Waals surface area contributed by atoms with E-state index in [0.717, 1.165) is 17.5 Å². The first kappa shape index (κ1) is 17.4. The van der Waals surface area contributed by atoms with Crippen LogP contribution in [0.3, 0.4) is 0 Å². The molecule has 1 amide bonds. The lowest BCUT2D eigenvalue weighted by Crippen LogP contribution is -2.20. The summed E-state index contributed by atoms with van der Waals surface area (Å²) in [5.74, 6) is -0.975. The lowest BCUT2D eigenvalue weighted by molar-refractivity contribution is -0.143. The van der Waals surface area contributed by atoms with Gasteiger partial charge in [0.1, 0.15) is 5.01 Å². The van der Waals surface area contributed by atoms with Crippen molar-refractivity contribution in [2.24, 2.45) is 0 Å². The van der Waals surface area contributed by atoms with Gasteiger partial charge in [0.15, 0.2) is 5.69 Å². The van der Waals surface area contributed by atoms with Gasteiger partial charge in [0.2, 0.25) is 5.13 Å². The summed E-state index contributed by atoms with van der Waals surface area (Å²) in [4.78, 5) is 12.3. The molecule has 2 heterocycles. The molecule has 0 spiro atoms. The zero-order chi connectivity index (χ0) is 18.2. The maximum absolute atomic E-state index is 13.5. The number of aromatic nitrogens is 4. The summed E-state index contributed by atoms with van der Waals surface area (Å²) >= 11 is 6.87. The number of carbonyl (C=O) groups is 1. The van der Waals surface area contributed by atoms with Crippen molar-refractivity contribution >= 4 is 34.0 Å². The molecule has 1 N–H and O–H groups in total. The molecule has 0 aliphatic carbocycles. The van der Waals surface area contributed by atoms with E-state index in [0.29, 0.717) is 9.69 Å². The fourth-order valence-corrected chi connectivity index (χ4v) is 2.87. The fraction of sp³-hybridized carbons (Fsp3) is 0.143. The Kier molecular flexibility index (Phi) is 4.48. The fourth-order valence-electron chi connectivity index (χ4n) is 2.10. The van der Waals surface area contributed by atoms with Crippen molar-refractivity contribution in [3.63, 3.8) is 0 Å². The second kappa shape index (κ2) is 6.45. The van der Waals surface area contributed by atoms with Crippen molar-refractivity contribution in [1.82, 2.24) is 20.0 Å². The van der Waals surface area contributed by atoms with Crippen LogP contribution in [-0.4, -0.2) is 25.9 Å². The average molecular weight is 388 g/mol. The molecular formula is C14H9ClF3N5OS. The van der Waals surface area contributed by atoms with Crippen molar-refractivity contribution < 1.29 is 18.0 Å². The van der Waals surface area contributed by atoms with Crippen molar-refractivity contribution in [1.29, 1.82) is 0 Å². The number of carbonyl (C=O) groups excluding carboxylic acids is 1. The Morgan fingerprint density at radius 1 is 1.32 bits per heavy atom. The van der Waals surface area contributed by atoms with Crippen LogP contribution in [0.1, 0.15) is 21.1 Å². The molecule has 0 saturated carbocycles. The monoisotopic (exact) mass is 387 g/mol. The molecule has 1 aromatic carbocycles. The molecule has 0 unspecified atom stereocenters. The maximum Gasteiger partial charge on any atom is 0.434 e. The topological polar surface area (TPSA) is 72.7 Å². The summed E-state index contributed by atoms with van der Waals surface area (Å²) in [7, 11) is 0. The van der Waals surface area contributed by atoms with Crippen LogP contribution in [0.4, 0.5) is 18.3 Å². The minimum absolute atomic E-state index is 0.0886. The number of aryl methyl sites for hydroxylation is 1. The third-order valence-corrected chi connectivity index (χ3v) is 4.07. The molecule has 3 rings (SSSR count). The number of hydrogen-bond donors (Lipinski definition) is 1. The highest BCUT2D eigenvalue weighted by atomic mass is 35.5. The second-order valence-corrected chi connectivity index (χ2v) is 6.49. The van der Waals surface area contributed by atoms with Gasteiger partial charge in [-0.2, -0.15) is 18.3 Å². The van der Waals surface area contributed by atoms with Crippen LogP contribution < -0.4 is 5.32 Å². The van der Waals surface area contributed by atoms with Gasteiger partial charge in [-0.3, -0.25) is 10.1 Å². The molecule has 3 aromatic rings. The van der Waals surface area contributed by atoms with Crippen LogP contribution >= 0.6 is 22.9 Å². The lowest BCUT2D eigenvalue weighted by atomic mass is 10.2. The summed E-state index contributed by atoms with van der Waals surface area (Å²) in [5, 5.41) is 14.3. The number of nitrogens with one attached hydrogen (secondary N) is 1. The molecule has 0 bridgehead atoms. The van der Waals surface area contributed by atoms with Gasteiger partial charge in [0.25, 0.3) is 5.91 Å². The van der Waals surface area contributed by atoms with Gasteiger partial charge in [-0.05, 0) is 25.1 Å². The predicted octanol–water partition coefficient (Wildman–Crippen LogP) is 3.96. The highest BCUT2D eigenvalue weighted by Gasteiger charge is 2.40. The summed E-state index contributed by atoms with van der Waals surface area (Å²) in [6.45, 7) is 1.66. The van der Waals surface area contributed by atoms with Gasteiger partial charge in [-0.15, -0.1) is 10.2 Å². The largest absolute Gasteiger partial charge is 0.434 e. The summed E-state index contributed by atoms with van der Waals surface area (Å²) in [6.07, 6.45) is -3.95. The first-order chi connectivity index (χ1) is 11.8. The highest BCUT2D eigenvalue weighted by molar-refractivity contribution is 7.15. The number of rotatable bonds is 3. The number of halogens is 4. The zero-order valence-corrected chi connectivity index (χ0v) is 14.1.